The molecule has 0 bridgehead atoms. The van der Waals surface area contributed by atoms with E-state index in [1.807, 2.05) is 0 Å². The number of hydrogen-bond donors (Lipinski definition) is 1. The SMILES string of the molecule is CCCCN(CCCC)C1(CN)CCCS(=O)(=O)C1. The second kappa shape index (κ2) is 7.60. The van der Waals surface area contributed by atoms with Gasteiger partial charge in [0.05, 0.1) is 11.5 Å². The van der Waals surface area contributed by atoms with Crippen molar-refractivity contribution >= 4 is 9.84 Å². The van der Waals surface area contributed by atoms with Gasteiger partial charge in [0.25, 0.3) is 0 Å². The van der Waals surface area contributed by atoms with Crippen molar-refractivity contribution in [1.82, 2.24) is 4.90 Å². The van der Waals surface area contributed by atoms with E-state index in [4.69, 9.17) is 5.73 Å². The number of sulfone groups is 1. The summed E-state index contributed by atoms with van der Waals surface area (Å²) in [5.74, 6) is 0.591. The van der Waals surface area contributed by atoms with Crippen LogP contribution in [0.3, 0.4) is 0 Å². The first-order chi connectivity index (χ1) is 8.99. The fourth-order valence-corrected chi connectivity index (χ4v) is 4.99. The van der Waals surface area contributed by atoms with Gasteiger partial charge in [0.2, 0.25) is 0 Å². The summed E-state index contributed by atoms with van der Waals surface area (Å²) in [6.07, 6.45) is 6.19. The summed E-state index contributed by atoms with van der Waals surface area (Å²) in [6.45, 7) is 6.75. The molecule has 1 saturated heterocycles. The van der Waals surface area contributed by atoms with E-state index in [2.05, 4.69) is 18.7 Å². The number of nitrogens with two attached hydrogens (primary N) is 1. The molecule has 1 heterocycles. The van der Waals surface area contributed by atoms with Crippen molar-refractivity contribution in [2.45, 2.75) is 57.9 Å². The topological polar surface area (TPSA) is 63.4 Å². The number of rotatable bonds is 8. The summed E-state index contributed by atoms with van der Waals surface area (Å²) < 4.78 is 24.0. The summed E-state index contributed by atoms with van der Waals surface area (Å²) in [4.78, 5) is 2.37. The Kier molecular flexibility index (Phi) is 6.77. The molecule has 0 radical (unpaired) electrons. The van der Waals surface area contributed by atoms with Gasteiger partial charge >= 0.3 is 0 Å². The first kappa shape index (κ1) is 16.9. The van der Waals surface area contributed by atoms with Crippen LogP contribution in [-0.2, 0) is 9.84 Å². The largest absolute Gasteiger partial charge is 0.329 e. The molecule has 1 aliphatic heterocycles. The van der Waals surface area contributed by atoms with Crippen LogP contribution in [0.15, 0.2) is 0 Å². The van der Waals surface area contributed by atoms with Crippen LogP contribution >= 0.6 is 0 Å². The molecule has 0 amide bonds. The predicted molar refractivity (Wildman–Crippen MR) is 81.1 cm³/mol. The van der Waals surface area contributed by atoms with Gasteiger partial charge in [-0.15, -0.1) is 0 Å². The lowest BCUT2D eigenvalue weighted by Gasteiger charge is -2.45. The summed E-state index contributed by atoms with van der Waals surface area (Å²) in [7, 11) is -2.92. The van der Waals surface area contributed by atoms with Gasteiger partial charge in [-0.2, -0.15) is 0 Å². The van der Waals surface area contributed by atoms with Crippen molar-refractivity contribution in [2.75, 3.05) is 31.1 Å². The predicted octanol–water partition coefficient (Wildman–Crippen LogP) is 1.79. The molecule has 19 heavy (non-hydrogen) atoms. The maximum atomic E-state index is 12.0. The third kappa shape index (κ3) is 4.72. The smallest absolute Gasteiger partial charge is 0.152 e. The van der Waals surface area contributed by atoms with Gasteiger partial charge < -0.3 is 5.73 Å². The summed E-state index contributed by atoms with van der Waals surface area (Å²) in [6, 6.07) is 0. The number of unbranched alkanes of at least 4 members (excludes halogenated alkanes) is 2. The fourth-order valence-electron chi connectivity index (χ4n) is 3.00. The Morgan fingerprint density at radius 1 is 1.16 bits per heavy atom. The molecule has 1 rings (SSSR count). The lowest BCUT2D eigenvalue weighted by atomic mass is 9.92. The molecule has 0 aromatic carbocycles. The third-order valence-electron chi connectivity index (χ3n) is 4.20. The van der Waals surface area contributed by atoms with E-state index in [9.17, 15) is 8.42 Å². The van der Waals surface area contributed by atoms with Crippen LogP contribution in [-0.4, -0.2) is 50.0 Å². The average Bonchev–Trinajstić information content (AvgIpc) is 2.37. The zero-order valence-corrected chi connectivity index (χ0v) is 13.3. The number of nitrogens with zero attached hydrogens (tertiary/aromatic N) is 1. The second-order valence-electron chi connectivity index (χ2n) is 5.82. The van der Waals surface area contributed by atoms with Gasteiger partial charge in [-0.05, 0) is 38.8 Å². The highest BCUT2D eigenvalue weighted by Gasteiger charge is 2.41. The van der Waals surface area contributed by atoms with Crippen LogP contribution in [0.25, 0.3) is 0 Å². The van der Waals surface area contributed by atoms with Gasteiger partial charge in [0, 0.05) is 12.1 Å². The first-order valence-electron chi connectivity index (χ1n) is 7.65. The lowest BCUT2D eigenvalue weighted by molar-refractivity contribution is 0.0958. The van der Waals surface area contributed by atoms with Gasteiger partial charge in [0.1, 0.15) is 0 Å². The Morgan fingerprint density at radius 2 is 1.74 bits per heavy atom. The first-order valence-corrected chi connectivity index (χ1v) is 9.47. The van der Waals surface area contributed by atoms with E-state index in [0.29, 0.717) is 12.3 Å². The highest BCUT2D eigenvalue weighted by Crippen LogP contribution is 2.29. The molecule has 1 atom stereocenters. The molecule has 0 spiro atoms. The Balaban J connectivity index is 2.85. The van der Waals surface area contributed by atoms with Crippen molar-refractivity contribution in [3.8, 4) is 0 Å². The zero-order valence-electron chi connectivity index (χ0n) is 12.5. The van der Waals surface area contributed by atoms with Crippen LogP contribution in [0.1, 0.15) is 52.4 Å². The van der Waals surface area contributed by atoms with E-state index in [0.717, 1.165) is 51.6 Å². The van der Waals surface area contributed by atoms with Crippen LogP contribution in [0.2, 0.25) is 0 Å². The molecule has 5 heteroatoms. The Hall–Kier alpha value is -0.130. The Bertz CT molecular complexity index is 348. The van der Waals surface area contributed by atoms with Crippen LogP contribution in [0.4, 0.5) is 0 Å². The second-order valence-corrected chi connectivity index (χ2v) is 8.00. The van der Waals surface area contributed by atoms with Gasteiger partial charge in [-0.3, -0.25) is 4.90 Å². The minimum Gasteiger partial charge on any atom is -0.329 e. The monoisotopic (exact) mass is 290 g/mol. The highest BCUT2D eigenvalue weighted by molar-refractivity contribution is 7.91. The van der Waals surface area contributed by atoms with Gasteiger partial charge in [-0.1, -0.05) is 26.7 Å². The lowest BCUT2D eigenvalue weighted by Crippen LogP contribution is -2.60. The quantitative estimate of drug-likeness (QED) is 0.740. The average molecular weight is 290 g/mol. The van der Waals surface area contributed by atoms with Crippen LogP contribution in [0.5, 0.6) is 0 Å². The molecule has 0 aromatic heterocycles. The van der Waals surface area contributed by atoms with E-state index in [-0.39, 0.29) is 11.3 Å². The minimum atomic E-state index is -2.92. The summed E-state index contributed by atoms with van der Waals surface area (Å²) in [5, 5.41) is 0. The van der Waals surface area contributed by atoms with Crippen molar-refractivity contribution in [2.24, 2.45) is 5.73 Å². The molecular formula is C14H30N2O2S. The van der Waals surface area contributed by atoms with E-state index in [1.165, 1.54) is 0 Å². The van der Waals surface area contributed by atoms with Crippen molar-refractivity contribution in [1.29, 1.82) is 0 Å². The maximum absolute atomic E-state index is 12.0. The molecule has 114 valence electrons. The van der Waals surface area contributed by atoms with Crippen LogP contribution < -0.4 is 5.73 Å². The Labute approximate surface area is 118 Å². The molecule has 1 unspecified atom stereocenters. The fraction of sp³-hybridized carbons (Fsp3) is 1.00. The molecule has 0 aliphatic carbocycles. The zero-order chi connectivity index (χ0) is 14.4. The summed E-state index contributed by atoms with van der Waals surface area (Å²) >= 11 is 0. The Morgan fingerprint density at radius 3 is 2.16 bits per heavy atom. The van der Waals surface area contributed by atoms with E-state index in [1.54, 1.807) is 0 Å². The summed E-state index contributed by atoms with van der Waals surface area (Å²) in [5.41, 5.74) is 5.69. The number of hydrogen-bond acceptors (Lipinski definition) is 4. The van der Waals surface area contributed by atoms with Gasteiger partial charge in [0.15, 0.2) is 9.84 Å². The molecule has 1 aliphatic rings. The third-order valence-corrected chi connectivity index (χ3v) is 6.09. The standard InChI is InChI=1S/C14H30N2O2S/c1-3-5-9-16(10-6-4-2)14(12-15)8-7-11-19(17,18)13-14/h3-13,15H2,1-2H3. The van der Waals surface area contributed by atoms with E-state index < -0.39 is 9.84 Å². The van der Waals surface area contributed by atoms with Gasteiger partial charge in [-0.25, -0.2) is 8.42 Å². The minimum absolute atomic E-state index is 0.254. The van der Waals surface area contributed by atoms with Crippen molar-refractivity contribution < 1.29 is 8.42 Å². The molecule has 0 saturated carbocycles. The molecular weight excluding hydrogens is 260 g/mol. The van der Waals surface area contributed by atoms with Crippen molar-refractivity contribution in [3.05, 3.63) is 0 Å². The highest BCUT2D eigenvalue weighted by atomic mass is 32.2. The molecule has 1 fully saturated rings. The maximum Gasteiger partial charge on any atom is 0.152 e. The van der Waals surface area contributed by atoms with Crippen molar-refractivity contribution in [3.63, 3.8) is 0 Å². The molecule has 4 nitrogen and oxygen atoms in total. The van der Waals surface area contributed by atoms with Crippen LogP contribution in [0, 0.1) is 0 Å². The van der Waals surface area contributed by atoms with E-state index >= 15 is 0 Å². The molecule has 0 aromatic rings. The normalized spacial score (nSPS) is 26.7. The molecule has 2 N–H and O–H groups in total.